The molecule has 1 aromatic rings. The van der Waals surface area contributed by atoms with Crippen molar-refractivity contribution in [2.24, 2.45) is 5.73 Å². The Kier molecular flexibility index (Phi) is 2.68. The highest BCUT2D eigenvalue weighted by atomic mass is 32.1. The van der Waals surface area contributed by atoms with Crippen LogP contribution in [0, 0.1) is 6.92 Å². The van der Waals surface area contributed by atoms with Gasteiger partial charge in [-0.25, -0.2) is 4.98 Å². The number of carboxylic acids is 1. The van der Waals surface area contributed by atoms with E-state index in [9.17, 15) is 4.79 Å². The van der Waals surface area contributed by atoms with Crippen LogP contribution in [0.25, 0.3) is 0 Å². The van der Waals surface area contributed by atoms with Gasteiger partial charge in [0.15, 0.2) is 0 Å². The standard InChI is InChI=1S/C8H12N2O2S/c1-5-10-6(4-13-5)8(2,9)3-7(11)12/h4H,3,9H2,1-2H3,(H,11,12)/t8-/m1/s1. The lowest BCUT2D eigenvalue weighted by Gasteiger charge is -2.19. The van der Waals surface area contributed by atoms with Gasteiger partial charge in [-0.1, -0.05) is 0 Å². The van der Waals surface area contributed by atoms with Crippen molar-refractivity contribution >= 4 is 17.3 Å². The number of aliphatic carboxylic acids is 1. The fourth-order valence-electron chi connectivity index (χ4n) is 1.03. The van der Waals surface area contributed by atoms with E-state index < -0.39 is 11.5 Å². The Morgan fingerprint density at radius 2 is 2.46 bits per heavy atom. The minimum Gasteiger partial charge on any atom is -0.481 e. The number of hydrogen-bond acceptors (Lipinski definition) is 4. The Bertz CT molecular complexity index is 320. The van der Waals surface area contributed by atoms with Crippen LogP contribution in [0.15, 0.2) is 5.38 Å². The molecule has 1 heterocycles. The monoisotopic (exact) mass is 200 g/mol. The SMILES string of the molecule is Cc1nc([C@](C)(N)CC(=O)O)cs1. The summed E-state index contributed by atoms with van der Waals surface area (Å²) in [7, 11) is 0. The number of carboxylic acid groups (broad SMARTS) is 1. The third-order valence-corrected chi connectivity index (χ3v) is 2.50. The summed E-state index contributed by atoms with van der Waals surface area (Å²) < 4.78 is 0. The molecule has 4 nitrogen and oxygen atoms in total. The summed E-state index contributed by atoms with van der Waals surface area (Å²) in [6.07, 6.45) is -0.101. The van der Waals surface area contributed by atoms with Crippen LogP contribution in [-0.4, -0.2) is 16.1 Å². The first kappa shape index (κ1) is 10.1. The van der Waals surface area contributed by atoms with Crippen molar-refractivity contribution in [3.05, 3.63) is 16.1 Å². The summed E-state index contributed by atoms with van der Waals surface area (Å²) in [6, 6.07) is 0. The average molecular weight is 200 g/mol. The molecule has 0 aliphatic rings. The number of nitrogens with zero attached hydrogens (tertiary/aromatic N) is 1. The van der Waals surface area contributed by atoms with Crippen molar-refractivity contribution in [2.75, 3.05) is 0 Å². The fourth-order valence-corrected chi connectivity index (χ4v) is 1.79. The molecule has 0 saturated carbocycles. The molecule has 0 aliphatic carbocycles. The average Bonchev–Trinajstić information content (AvgIpc) is 2.32. The molecule has 72 valence electrons. The van der Waals surface area contributed by atoms with Crippen LogP contribution in [-0.2, 0) is 10.3 Å². The maximum Gasteiger partial charge on any atom is 0.305 e. The predicted molar refractivity (Wildman–Crippen MR) is 50.6 cm³/mol. The number of rotatable bonds is 3. The normalized spacial score (nSPS) is 15.3. The second-order valence-corrected chi connectivity index (χ2v) is 4.30. The molecule has 1 atom stereocenters. The maximum absolute atomic E-state index is 10.5. The van der Waals surface area contributed by atoms with E-state index in [-0.39, 0.29) is 6.42 Å². The zero-order valence-corrected chi connectivity index (χ0v) is 8.39. The lowest BCUT2D eigenvalue weighted by Crippen LogP contribution is -2.35. The number of hydrogen-bond donors (Lipinski definition) is 2. The molecule has 13 heavy (non-hydrogen) atoms. The number of thiazole rings is 1. The highest BCUT2D eigenvalue weighted by Crippen LogP contribution is 2.22. The smallest absolute Gasteiger partial charge is 0.305 e. The van der Waals surface area contributed by atoms with Gasteiger partial charge < -0.3 is 10.8 Å². The summed E-state index contributed by atoms with van der Waals surface area (Å²) in [5.41, 5.74) is 5.60. The van der Waals surface area contributed by atoms with Gasteiger partial charge in [0.2, 0.25) is 0 Å². The number of aryl methyl sites for hydroxylation is 1. The van der Waals surface area contributed by atoms with Crippen LogP contribution in [0.4, 0.5) is 0 Å². The highest BCUT2D eigenvalue weighted by Gasteiger charge is 2.26. The molecule has 5 heteroatoms. The Morgan fingerprint density at radius 1 is 1.85 bits per heavy atom. The van der Waals surface area contributed by atoms with Crippen LogP contribution in [0.1, 0.15) is 24.0 Å². The maximum atomic E-state index is 10.5. The number of carbonyl (C=O) groups is 1. The van der Waals surface area contributed by atoms with Gasteiger partial charge in [-0.15, -0.1) is 11.3 Å². The Labute approximate surface area is 80.4 Å². The van der Waals surface area contributed by atoms with Crippen molar-refractivity contribution in [1.82, 2.24) is 4.98 Å². The summed E-state index contributed by atoms with van der Waals surface area (Å²) in [4.78, 5) is 14.7. The topological polar surface area (TPSA) is 76.2 Å². The summed E-state index contributed by atoms with van der Waals surface area (Å²) >= 11 is 1.47. The third kappa shape index (κ3) is 2.50. The van der Waals surface area contributed by atoms with E-state index in [4.69, 9.17) is 10.8 Å². The molecule has 1 aromatic heterocycles. The minimum atomic E-state index is -0.907. The van der Waals surface area contributed by atoms with Gasteiger partial charge in [-0.3, -0.25) is 4.79 Å². The van der Waals surface area contributed by atoms with Crippen LogP contribution >= 0.6 is 11.3 Å². The van der Waals surface area contributed by atoms with Crippen molar-refractivity contribution in [3.63, 3.8) is 0 Å². The fraction of sp³-hybridized carbons (Fsp3) is 0.500. The third-order valence-electron chi connectivity index (χ3n) is 1.72. The Morgan fingerprint density at radius 3 is 2.85 bits per heavy atom. The van der Waals surface area contributed by atoms with Gasteiger partial charge in [0.1, 0.15) is 0 Å². The Balaban J connectivity index is 2.86. The number of nitrogens with two attached hydrogens (primary N) is 1. The second-order valence-electron chi connectivity index (χ2n) is 3.24. The van der Waals surface area contributed by atoms with Crippen LogP contribution in [0.5, 0.6) is 0 Å². The molecule has 0 unspecified atom stereocenters. The molecule has 0 spiro atoms. The first-order chi connectivity index (χ1) is 5.92. The van der Waals surface area contributed by atoms with E-state index in [0.717, 1.165) is 5.01 Å². The molecule has 1 rings (SSSR count). The molecule has 0 radical (unpaired) electrons. The van der Waals surface area contributed by atoms with E-state index in [1.54, 1.807) is 12.3 Å². The highest BCUT2D eigenvalue weighted by molar-refractivity contribution is 7.09. The van der Waals surface area contributed by atoms with Crippen molar-refractivity contribution in [3.8, 4) is 0 Å². The van der Waals surface area contributed by atoms with Gasteiger partial charge in [-0.2, -0.15) is 0 Å². The summed E-state index contributed by atoms with van der Waals surface area (Å²) in [6.45, 7) is 3.54. The molecular weight excluding hydrogens is 188 g/mol. The zero-order chi connectivity index (χ0) is 10.1. The molecular formula is C8H12N2O2S. The Hall–Kier alpha value is -0.940. The molecule has 0 amide bonds. The quantitative estimate of drug-likeness (QED) is 0.766. The van der Waals surface area contributed by atoms with Crippen LogP contribution < -0.4 is 5.73 Å². The van der Waals surface area contributed by atoms with Crippen LogP contribution in [0.3, 0.4) is 0 Å². The molecule has 0 saturated heterocycles. The van der Waals surface area contributed by atoms with E-state index >= 15 is 0 Å². The van der Waals surface area contributed by atoms with Gasteiger partial charge >= 0.3 is 5.97 Å². The lowest BCUT2D eigenvalue weighted by molar-refractivity contribution is -0.138. The van der Waals surface area contributed by atoms with Gasteiger partial charge in [-0.05, 0) is 13.8 Å². The molecule has 0 fully saturated rings. The van der Waals surface area contributed by atoms with E-state index in [0.29, 0.717) is 5.69 Å². The minimum absolute atomic E-state index is 0.101. The predicted octanol–water partition coefficient (Wildman–Crippen LogP) is 1.10. The van der Waals surface area contributed by atoms with E-state index in [1.165, 1.54) is 11.3 Å². The van der Waals surface area contributed by atoms with Crippen molar-refractivity contribution < 1.29 is 9.90 Å². The number of aromatic nitrogens is 1. The molecule has 0 bridgehead atoms. The molecule has 0 aliphatic heterocycles. The van der Waals surface area contributed by atoms with Crippen molar-refractivity contribution in [1.29, 1.82) is 0 Å². The first-order valence-corrected chi connectivity index (χ1v) is 4.73. The molecule has 3 N–H and O–H groups in total. The largest absolute Gasteiger partial charge is 0.481 e. The zero-order valence-electron chi connectivity index (χ0n) is 7.57. The van der Waals surface area contributed by atoms with E-state index in [2.05, 4.69) is 4.98 Å². The lowest BCUT2D eigenvalue weighted by atomic mass is 9.96. The van der Waals surface area contributed by atoms with Crippen LogP contribution in [0.2, 0.25) is 0 Å². The van der Waals surface area contributed by atoms with Gasteiger partial charge in [0.05, 0.1) is 22.7 Å². The van der Waals surface area contributed by atoms with E-state index in [1.807, 2.05) is 6.92 Å². The summed E-state index contributed by atoms with van der Waals surface area (Å²) in [5.74, 6) is -0.907. The van der Waals surface area contributed by atoms with Crippen molar-refractivity contribution in [2.45, 2.75) is 25.8 Å². The first-order valence-electron chi connectivity index (χ1n) is 3.85. The molecule has 0 aromatic carbocycles. The van der Waals surface area contributed by atoms with Gasteiger partial charge in [0.25, 0.3) is 0 Å². The second kappa shape index (κ2) is 3.43. The van der Waals surface area contributed by atoms with Gasteiger partial charge in [0, 0.05) is 5.38 Å². The summed E-state index contributed by atoms with van der Waals surface area (Å²) in [5, 5.41) is 11.3.